The predicted octanol–water partition coefficient (Wildman–Crippen LogP) is 1.66. The highest BCUT2D eigenvalue weighted by Gasteiger charge is 1.67. The van der Waals surface area contributed by atoms with Crippen LogP contribution in [0.5, 0.6) is 0 Å². The maximum atomic E-state index is 7.89. The van der Waals surface area contributed by atoms with Gasteiger partial charge in [-0.2, -0.15) is 0 Å². The lowest BCUT2D eigenvalue weighted by Gasteiger charge is -1.74. The molecule has 35 valence electrons. The second kappa shape index (κ2) is 4.54. The van der Waals surface area contributed by atoms with Crippen molar-refractivity contribution in [2.75, 3.05) is 0 Å². The SMILES string of the molecule is CCCC=[C]O. The summed E-state index contributed by atoms with van der Waals surface area (Å²) in [4.78, 5) is 0. The van der Waals surface area contributed by atoms with E-state index in [0.29, 0.717) is 0 Å². The van der Waals surface area contributed by atoms with Crippen LogP contribution in [-0.4, -0.2) is 5.11 Å². The zero-order valence-electron chi connectivity index (χ0n) is 3.94. The summed E-state index contributed by atoms with van der Waals surface area (Å²) in [6, 6.07) is 0. The Morgan fingerprint density at radius 3 is 2.67 bits per heavy atom. The largest absolute Gasteiger partial charge is 0.504 e. The van der Waals surface area contributed by atoms with Crippen LogP contribution in [0, 0.1) is 6.26 Å². The first-order valence-electron chi connectivity index (χ1n) is 2.13. The normalized spacial score (nSPS) is 10.2. The predicted molar refractivity (Wildman–Crippen MR) is 25.3 cm³/mol. The Balaban J connectivity index is 2.66. The molecule has 0 aromatic rings. The van der Waals surface area contributed by atoms with Crippen LogP contribution in [0.15, 0.2) is 6.08 Å². The van der Waals surface area contributed by atoms with Crippen LogP contribution in [0.2, 0.25) is 0 Å². The molecule has 1 nitrogen and oxygen atoms in total. The molecule has 0 aliphatic heterocycles. The lowest BCUT2D eigenvalue weighted by Crippen LogP contribution is -1.58. The van der Waals surface area contributed by atoms with Gasteiger partial charge in [0.05, 0.1) is 0 Å². The lowest BCUT2D eigenvalue weighted by atomic mass is 10.3. The molecule has 0 aliphatic rings. The Hall–Kier alpha value is -0.460. The van der Waals surface area contributed by atoms with Gasteiger partial charge in [-0.3, -0.25) is 0 Å². The van der Waals surface area contributed by atoms with Gasteiger partial charge in [-0.1, -0.05) is 13.3 Å². The van der Waals surface area contributed by atoms with Crippen molar-refractivity contribution in [3.63, 3.8) is 0 Å². The zero-order chi connectivity index (χ0) is 4.83. The number of unbranched alkanes of at least 4 members (excludes halogenated alkanes) is 1. The molecule has 0 amide bonds. The average Bonchev–Trinajstić information content (AvgIpc) is 1.61. The van der Waals surface area contributed by atoms with Crippen molar-refractivity contribution in [2.24, 2.45) is 0 Å². The van der Waals surface area contributed by atoms with Crippen molar-refractivity contribution in [3.8, 4) is 0 Å². The molecule has 0 aromatic heterocycles. The molecule has 0 rings (SSSR count). The highest BCUT2D eigenvalue weighted by atomic mass is 16.2. The highest BCUT2D eigenvalue weighted by Crippen LogP contribution is 1.84. The zero-order valence-corrected chi connectivity index (χ0v) is 3.94. The molecule has 6 heavy (non-hydrogen) atoms. The van der Waals surface area contributed by atoms with Crippen molar-refractivity contribution >= 4 is 0 Å². The number of hydrogen-bond donors (Lipinski definition) is 1. The Morgan fingerprint density at radius 1 is 1.83 bits per heavy atom. The van der Waals surface area contributed by atoms with Gasteiger partial charge in [0.1, 0.15) is 0 Å². The van der Waals surface area contributed by atoms with E-state index in [1.165, 1.54) is 0 Å². The van der Waals surface area contributed by atoms with Gasteiger partial charge in [-0.25, -0.2) is 0 Å². The van der Waals surface area contributed by atoms with Crippen LogP contribution in [0.4, 0.5) is 0 Å². The number of aliphatic hydroxyl groups is 1. The maximum Gasteiger partial charge on any atom is 0.152 e. The molecule has 0 bridgehead atoms. The van der Waals surface area contributed by atoms with E-state index in [2.05, 4.69) is 0 Å². The molecule has 1 N–H and O–H groups in total. The average molecular weight is 85.1 g/mol. The quantitative estimate of drug-likeness (QED) is 0.505. The van der Waals surface area contributed by atoms with Gasteiger partial charge in [0.2, 0.25) is 0 Å². The molecule has 0 saturated carbocycles. The van der Waals surface area contributed by atoms with Gasteiger partial charge in [0.15, 0.2) is 6.26 Å². The number of aliphatic hydroxyl groups excluding tert-OH is 1. The van der Waals surface area contributed by atoms with E-state index in [1.807, 2.05) is 13.2 Å². The summed E-state index contributed by atoms with van der Waals surface area (Å²) >= 11 is 0. The summed E-state index contributed by atoms with van der Waals surface area (Å²) in [7, 11) is 0. The smallest absolute Gasteiger partial charge is 0.152 e. The minimum absolute atomic E-state index is 0.927. The minimum atomic E-state index is 0.927. The van der Waals surface area contributed by atoms with E-state index in [4.69, 9.17) is 5.11 Å². The van der Waals surface area contributed by atoms with E-state index in [1.54, 1.807) is 6.08 Å². The third-order valence-electron chi connectivity index (χ3n) is 0.524. The van der Waals surface area contributed by atoms with E-state index >= 15 is 0 Å². The second-order valence-electron chi connectivity index (χ2n) is 1.12. The van der Waals surface area contributed by atoms with Gasteiger partial charge < -0.3 is 5.11 Å². The van der Waals surface area contributed by atoms with Crippen molar-refractivity contribution in [2.45, 2.75) is 19.8 Å². The molecule has 0 atom stereocenters. The second-order valence-corrected chi connectivity index (χ2v) is 1.12. The van der Waals surface area contributed by atoms with Crippen LogP contribution in [0.3, 0.4) is 0 Å². The first-order valence-corrected chi connectivity index (χ1v) is 2.13. The summed E-state index contributed by atoms with van der Waals surface area (Å²) in [5.74, 6) is 0. The summed E-state index contributed by atoms with van der Waals surface area (Å²) in [5, 5.41) is 7.89. The van der Waals surface area contributed by atoms with Crippen molar-refractivity contribution in [1.82, 2.24) is 0 Å². The summed E-state index contributed by atoms with van der Waals surface area (Å²) in [6.45, 7) is 2.05. The highest BCUT2D eigenvalue weighted by molar-refractivity contribution is 4.62. The number of allylic oxidation sites excluding steroid dienone is 1. The molecular weight excluding hydrogens is 76.1 g/mol. The minimum Gasteiger partial charge on any atom is -0.504 e. The molecule has 0 spiro atoms. The van der Waals surface area contributed by atoms with Crippen LogP contribution in [0.1, 0.15) is 19.8 Å². The van der Waals surface area contributed by atoms with Crippen LogP contribution in [0.25, 0.3) is 0 Å². The molecule has 0 aromatic carbocycles. The van der Waals surface area contributed by atoms with Crippen LogP contribution in [-0.2, 0) is 0 Å². The molecule has 1 radical (unpaired) electrons. The Kier molecular flexibility index (Phi) is 4.19. The van der Waals surface area contributed by atoms with Crippen molar-refractivity contribution < 1.29 is 5.11 Å². The van der Waals surface area contributed by atoms with Crippen LogP contribution >= 0.6 is 0 Å². The fourth-order valence-electron chi connectivity index (χ4n) is 0.209. The van der Waals surface area contributed by atoms with E-state index < -0.39 is 0 Å². The topological polar surface area (TPSA) is 20.2 Å². The van der Waals surface area contributed by atoms with Gasteiger partial charge in [0.25, 0.3) is 0 Å². The van der Waals surface area contributed by atoms with Gasteiger partial charge in [0, 0.05) is 0 Å². The van der Waals surface area contributed by atoms with Gasteiger partial charge >= 0.3 is 0 Å². The lowest BCUT2D eigenvalue weighted by molar-refractivity contribution is 0.438. The fraction of sp³-hybridized carbons (Fsp3) is 0.600. The fourth-order valence-corrected chi connectivity index (χ4v) is 0.209. The molecule has 0 fully saturated rings. The van der Waals surface area contributed by atoms with E-state index in [9.17, 15) is 0 Å². The van der Waals surface area contributed by atoms with Crippen molar-refractivity contribution in [1.29, 1.82) is 0 Å². The maximum absolute atomic E-state index is 7.89. The first kappa shape index (κ1) is 5.54. The third-order valence-corrected chi connectivity index (χ3v) is 0.524. The van der Waals surface area contributed by atoms with Gasteiger partial charge in [-0.05, 0) is 12.5 Å². The summed E-state index contributed by atoms with van der Waals surface area (Å²) in [6.07, 6.45) is 5.56. The third kappa shape index (κ3) is 3.54. The molecular formula is C5H9O. The Labute approximate surface area is 38.3 Å². The van der Waals surface area contributed by atoms with Crippen LogP contribution < -0.4 is 0 Å². The van der Waals surface area contributed by atoms with Crippen molar-refractivity contribution in [3.05, 3.63) is 12.3 Å². The Bertz CT molecular complexity index is 39.2. The molecule has 0 saturated heterocycles. The monoisotopic (exact) mass is 85.1 g/mol. The number of rotatable bonds is 2. The first-order chi connectivity index (χ1) is 2.91. The summed E-state index contributed by atoms with van der Waals surface area (Å²) < 4.78 is 0. The van der Waals surface area contributed by atoms with Gasteiger partial charge in [-0.15, -0.1) is 0 Å². The standard InChI is InChI=1S/C5H9O/c1-2-3-4-5-6/h4,6H,2-3H2,1H3. The number of hydrogen-bond acceptors (Lipinski definition) is 1. The summed E-state index contributed by atoms with van der Waals surface area (Å²) in [5.41, 5.74) is 0. The Morgan fingerprint density at radius 2 is 2.50 bits per heavy atom. The molecule has 0 aliphatic carbocycles. The van der Waals surface area contributed by atoms with E-state index in [0.717, 1.165) is 12.8 Å². The molecule has 0 heterocycles. The van der Waals surface area contributed by atoms with E-state index in [-0.39, 0.29) is 0 Å². The molecule has 0 unspecified atom stereocenters. The molecule has 1 heteroatoms.